The lowest BCUT2D eigenvalue weighted by Gasteiger charge is -2.11. The number of hydrogen-bond donors (Lipinski definition) is 0. The predicted octanol–water partition coefficient (Wildman–Crippen LogP) is 8.47. The molecule has 0 saturated heterocycles. The number of ether oxygens (including phenoxy) is 1. The van der Waals surface area contributed by atoms with E-state index in [1.54, 1.807) is 0 Å². The number of aryl methyl sites for hydroxylation is 1. The normalized spacial score (nSPS) is 11.6. The van der Waals surface area contributed by atoms with Crippen LogP contribution >= 0.6 is 15.9 Å². The van der Waals surface area contributed by atoms with E-state index in [-0.39, 0.29) is 6.42 Å². The van der Waals surface area contributed by atoms with Crippen LogP contribution in [-0.2, 0) is 6.42 Å². The highest BCUT2D eigenvalue weighted by Crippen LogP contribution is 2.28. The third-order valence-corrected chi connectivity index (χ3v) is 4.95. The quantitative estimate of drug-likeness (QED) is 0.317. The summed E-state index contributed by atoms with van der Waals surface area (Å²) in [5, 5.41) is 0. The van der Waals surface area contributed by atoms with Crippen molar-refractivity contribution in [2.24, 2.45) is 0 Å². The summed E-state index contributed by atoms with van der Waals surface area (Å²) in [6, 6.07) is 15.8. The van der Waals surface area contributed by atoms with Crippen LogP contribution in [0.4, 0.5) is 13.2 Å². The average Bonchev–Trinajstić information content (AvgIpc) is 2.62. The molecule has 0 aliphatic carbocycles. The summed E-state index contributed by atoms with van der Waals surface area (Å²) in [6.45, 7) is 0. The maximum atomic E-state index is 12.1. The number of unbranched alkanes of at least 4 members (excludes halogenated alkanes) is 6. The first-order chi connectivity index (χ1) is 12.9. The van der Waals surface area contributed by atoms with E-state index in [4.69, 9.17) is 4.74 Å². The van der Waals surface area contributed by atoms with Gasteiger partial charge in [-0.15, -0.1) is 0 Å². The molecule has 0 unspecified atom stereocenters. The van der Waals surface area contributed by atoms with Gasteiger partial charge in [0.2, 0.25) is 0 Å². The van der Waals surface area contributed by atoms with Crippen LogP contribution in [0.2, 0.25) is 0 Å². The van der Waals surface area contributed by atoms with Crippen LogP contribution in [0.15, 0.2) is 53.0 Å². The fraction of sp³-hybridized carbons (Fsp3) is 0.455. The molecule has 0 N–H and O–H groups in total. The van der Waals surface area contributed by atoms with Crippen molar-refractivity contribution in [3.63, 3.8) is 0 Å². The van der Waals surface area contributed by atoms with Crippen LogP contribution < -0.4 is 4.74 Å². The first-order valence-electron chi connectivity index (χ1n) is 9.52. The van der Waals surface area contributed by atoms with Gasteiger partial charge in [-0.1, -0.05) is 66.2 Å². The maximum absolute atomic E-state index is 12.1. The Morgan fingerprint density at radius 1 is 0.741 bits per heavy atom. The van der Waals surface area contributed by atoms with Gasteiger partial charge >= 0.3 is 6.18 Å². The minimum absolute atomic E-state index is 0.254. The van der Waals surface area contributed by atoms with E-state index in [1.807, 2.05) is 42.5 Å². The Morgan fingerprint density at radius 3 is 2.00 bits per heavy atom. The summed E-state index contributed by atoms with van der Waals surface area (Å²) in [6.07, 6.45) is 2.33. The minimum atomic E-state index is -4.01. The van der Waals surface area contributed by atoms with Crippen molar-refractivity contribution in [3.05, 3.63) is 58.6 Å². The molecule has 5 heteroatoms. The summed E-state index contributed by atoms with van der Waals surface area (Å²) in [7, 11) is 0. The second kappa shape index (κ2) is 11.4. The lowest BCUT2D eigenvalue weighted by atomic mass is 10.0. The summed E-state index contributed by atoms with van der Waals surface area (Å²) in [5.74, 6) is 1.69. The smallest absolute Gasteiger partial charge is 0.389 e. The van der Waals surface area contributed by atoms with Gasteiger partial charge in [-0.2, -0.15) is 13.2 Å². The van der Waals surface area contributed by atoms with Crippen LogP contribution in [0, 0.1) is 0 Å². The molecule has 148 valence electrons. The summed E-state index contributed by atoms with van der Waals surface area (Å²) in [5.41, 5.74) is 1.19. The van der Waals surface area contributed by atoms with Gasteiger partial charge in [0.15, 0.2) is 0 Å². The predicted molar refractivity (Wildman–Crippen MR) is 107 cm³/mol. The van der Waals surface area contributed by atoms with Crippen LogP contribution in [-0.4, -0.2) is 6.18 Å². The number of alkyl halides is 3. The highest BCUT2D eigenvalue weighted by Gasteiger charge is 2.25. The van der Waals surface area contributed by atoms with Gasteiger partial charge in [0.05, 0.1) is 0 Å². The van der Waals surface area contributed by atoms with Gasteiger partial charge in [0.25, 0.3) is 0 Å². The van der Waals surface area contributed by atoms with Crippen LogP contribution in [0.3, 0.4) is 0 Å². The van der Waals surface area contributed by atoms with Crippen molar-refractivity contribution in [1.82, 2.24) is 0 Å². The van der Waals surface area contributed by atoms with Gasteiger partial charge in [-0.05, 0) is 55.2 Å². The van der Waals surface area contributed by atoms with Crippen LogP contribution in [0.5, 0.6) is 11.5 Å². The number of hydrogen-bond acceptors (Lipinski definition) is 1. The molecule has 0 heterocycles. The first-order valence-corrected chi connectivity index (χ1v) is 10.3. The molecular weight excluding hydrogens is 417 g/mol. The zero-order valence-corrected chi connectivity index (χ0v) is 17.0. The Kier molecular flexibility index (Phi) is 9.19. The van der Waals surface area contributed by atoms with E-state index in [2.05, 4.69) is 22.0 Å². The zero-order valence-electron chi connectivity index (χ0n) is 15.4. The molecule has 2 aromatic rings. The van der Waals surface area contributed by atoms with E-state index >= 15 is 0 Å². The molecule has 0 bridgehead atoms. The molecule has 0 saturated carbocycles. The molecule has 0 aliphatic heterocycles. The molecule has 0 aliphatic rings. The van der Waals surface area contributed by atoms with E-state index in [0.717, 1.165) is 54.5 Å². The fourth-order valence-corrected chi connectivity index (χ4v) is 3.23. The van der Waals surface area contributed by atoms with Gasteiger partial charge in [-0.25, -0.2) is 0 Å². The second-order valence-electron chi connectivity index (χ2n) is 6.75. The number of halogens is 4. The van der Waals surface area contributed by atoms with E-state index < -0.39 is 12.6 Å². The first kappa shape index (κ1) is 21.8. The second-order valence-corrected chi connectivity index (χ2v) is 7.67. The summed E-state index contributed by atoms with van der Waals surface area (Å²) < 4.78 is 43.2. The van der Waals surface area contributed by atoms with Gasteiger partial charge in [-0.3, -0.25) is 0 Å². The molecule has 0 amide bonds. The fourth-order valence-electron chi connectivity index (χ4n) is 2.96. The van der Waals surface area contributed by atoms with Crippen molar-refractivity contribution in [2.75, 3.05) is 0 Å². The average molecular weight is 443 g/mol. The SMILES string of the molecule is FC(F)(F)CCCCCCCCCc1ccccc1Oc1ccc(Br)cc1. The molecule has 0 atom stereocenters. The maximum Gasteiger partial charge on any atom is 0.389 e. The lowest BCUT2D eigenvalue weighted by molar-refractivity contribution is -0.135. The number of rotatable bonds is 11. The van der Waals surface area contributed by atoms with Crippen LogP contribution in [0.1, 0.15) is 56.9 Å². The van der Waals surface area contributed by atoms with E-state index in [9.17, 15) is 13.2 Å². The zero-order chi connectivity index (χ0) is 19.5. The summed E-state index contributed by atoms with van der Waals surface area (Å²) in [4.78, 5) is 0. The molecule has 0 radical (unpaired) electrons. The van der Waals surface area contributed by atoms with Crippen molar-refractivity contribution in [2.45, 2.75) is 64.0 Å². The van der Waals surface area contributed by atoms with Crippen molar-refractivity contribution in [1.29, 1.82) is 0 Å². The topological polar surface area (TPSA) is 9.23 Å². The Labute approximate surface area is 168 Å². The Balaban J connectivity index is 1.65. The monoisotopic (exact) mass is 442 g/mol. The Morgan fingerprint density at radius 2 is 1.33 bits per heavy atom. The largest absolute Gasteiger partial charge is 0.457 e. The molecule has 0 fully saturated rings. The molecule has 0 spiro atoms. The van der Waals surface area contributed by atoms with Crippen molar-refractivity contribution < 1.29 is 17.9 Å². The van der Waals surface area contributed by atoms with E-state index in [0.29, 0.717) is 6.42 Å². The molecule has 0 aromatic heterocycles. The molecule has 27 heavy (non-hydrogen) atoms. The number of para-hydroxylation sites is 1. The third-order valence-electron chi connectivity index (χ3n) is 4.42. The van der Waals surface area contributed by atoms with Gasteiger partial charge in [0.1, 0.15) is 11.5 Å². The molecule has 1 nitrogen and oxygen atoms in total. The standard InChI is InChI=1S/C22H26BrF3O/c23-19-13-15-20(16-14-19)27-21-12-8-7-11-18(21)10-6-4-2-1-3-5-9-17-22(24,25)26/h7-8,11-16H,1-6,9-10,17H2. The van der Waals surface area contributed by atoms with Crippen molar-refractivity contribution in [3.8, 4) is 11.5 Å². The highest BCUT2D eigenvalue weighted by atomic mass is 79.9. The van der Waals surface area contributed by atoms with Crippen molar-refractivity contribution >= 4 is 15.9 Å². The Hall–Kier alpha value is -1.49. The molecule has 2 aromatic carbocycles. The minimum Gasteiger partial charge on any atom is -0.457 e. The number of benzene rings is 2. The van der Waals surface area contributed by atoms with Gasteiger partial charge < -0.3 is 4.74 Å². The summed E-state index contributed by atoms with van der Waals surface area (Å²) >= 11 is 3.42. The lowest BCUT2D eigenvalue weighted by Crippen LogP contribution is -2.06. The van der Waals surface area contributed by atoms with Crippen LogP contribution in [0.25, 0.3) is 0 Å². The third kappa shape index (κ3) is 9.32. The Bertz CT molecular complexity index is 668. The molecule has 2 rings (SSSR count). The molecular formula is C22H26BrF3O. The van der Waals surface area contributed by atoms with E-state index in [1.165, 1.54) is 5.56 Å². The van der Waals surface area contributed by atoms with Gasteiger partial charge in [0, 0.05) is 10.9 Å². The highest BCUT2D eigenvalue weighted by molar-refractivity contribution is 9.10.